The van der Waals surface area contributed by atoms with Gasteiger partial charge in [0.2, 0.25) is 5.56 Å². The zero-order chi connectivity index (χ0) is 11.7. The van der Waals surface area contributed by atoms with Gasteiger partial charge in [-0.2, -0.15) is 0 Å². The van der Waals surface area contributed by atoms with E-state index in [1.165, 1.54) is 6.07 Å². The van der Waals surface area contributed by atoms with E-state index in [9.17, 15) is 4.79 Å². The van der Waals surface area contributed by atoms with Gasteiger partial charge in [0.25, 0.3) is 0 Å². The van der Waals surface area contributed by atoms with Crippen molar-refractivity contribution in [2.24, 2.45) is 0 Å². The summed E-state index contributed by atoms with van der Waals surface area (Å²) in [6, 6.07) is 10.8. The molecule has 0 amide bonds. The summed E-state index contributed by atoms with van der Waals surface area (Å²) >= 11 is 0. The van der Waals surface area contributed by atoms with Crippen LogP contribution in [0.25, 0.3) is 22.3 Å². The van der Waals surface area contributed by atoms with E-state index in [-0.39, 0.29) is 5.56 Å². The molecule has 0 aliphatic heterocycles. The molecule has 0 aliphatic carbocycles. The van der Waals surface area contributed by atoms with Crippen molar-refractivity contribution in [1.82, 2.24) is 15.0 Å². The van der Waals surface area contributed by atoms with Gasteiger partial charge in [-0.1, -0.05) is 0 Å². The number of aromatic amines is 1. The Balaban J connectivity index is 2.21. The normalized spacial score (nSPS) is 10.6. The standard InChI is InChI=1S/C13H9N3O/c17-12-5-3-9-8-10(2-4-11(9)16-12)13-14-6-1-7-15-13/h1-8H,(H,16,17). The van der Waals surface area contributed by atoms with E-state index in [0.717, 1.165) is 16.5 Å². The largest absolute Gasteiger partial charge is 0.322 e. The van der Waals surface area contributed by atoms with Crippen LogP contribution in [0.3, 0.4) is 0 Å². The van der Waals surface area contributed by atoms with Crippen LogP contribution in [-0.2, 0) is 0 Å². The summed E-state index contributed by atoms with van der Waals surface area (Å²) in [5.74, 6) is 0.681. The molecule has 82 valence electrons. The third-order valence-corrected chi connectivity index (χ3v) is 2.55. The molecule has 3 rings (SSSR count). The van der Waals surface area contributed by atoms with Gasteiger partial charge in [0.15, 0.2) is 5.82 Å². The summed E-state index contributed by atoms with van der Waals surface area (Å²) in [5.41, 5.74) is 1.66. The fourth-order valence-corrected chi connectivity index (χ4v) is 1.74. The molecule has 0 aliphatic rings. The van der Waals surface area contributed by atoms with Gasteiger partial charge in [-0.05, 0) is 35.7 Å². The van der Waals surface area contributed by atoms with E-state index in [4.69, 9.17) is 0 Å². The van der Waals surface area contributed by atoms with E-state index >= 15 is 0 Å². The first-order valence-corrected chi connectivity index (χ1v) is 5.23. The third-order valence-electron chi connectivity index (χ3n) is 2.55. The van der Waals surface area contributed by atoms with Crippen LogP contribution in [0.15, 0.2) is 53.6 Å². The van der Waals surface area contributed by atoms with Gasteiger partial charge in [0, 0.05) is 29.5 Å². The molecule has 4 nitrogen and oxygen atoms in total. The topological polar surface area (TPSA) is 58.6 Å². The van der Waals surface area contributed by atoms with E-state index in [0.29, 0.717) is 5.82 Å². The van der Waals surface area contributed by atoms with Gasteiger partial charge < -0.3 is 4.98 Å². The molecule has 4 heteroatoms. The molecule has 2 aromatic heterocycles. The van der Waals surface area contributed by atoms with Crippen LogP contribution in [0, 0.1) is 0 Å². The van der Waals surface area contributed by atoms with Crippen LogP contribution >= 0.6 is 0 Å². The number of hydrogen-bond donors (Lipinski definition) is 1. The van der Waals surface area contributed by atoms with E-state index < -0.39 is 0 Å². The Bertz CT molecular complexity index is 719. The summed E-state index contributed by atoms with van der Waals surface area (Å²) < 4.78 is 0. The Morgan fingerprint density at radius 2 is 1.82 bits per heavy atom. The van der Waals surface area contributed by atoms with E-state index in [1.807, 2.05) is 18.2 Å². The average Bonchev–Trinajstić information content (AvgIpc) is 2.39. The summed E-state index contributed by atoms with van der Waals surface area (Å²) in [6.07, 6.45) is 3.42. The molecule has 0 saturated heterocycles. The summed E-state index contributed by atoms with van der Waals surface area (Å²) in [7, 11) is 0. The first-order valence-electron chi connectivity index (χ1n) is 5.23. The predicted octanol–water partition coefficient (Wildman–Crippen LogP) is 1.99. The van der Waals surface area contributed by atoms with Crippen LogP contribution in [0.1, 0.15) is 0 Å². The van der Waals surface area contributed by atoms with Crippen LogP contribution in [0.2, 0.25) is 0 Å². The van der Waals surface area contributed by atoms with Gasteiger partial charge in [-0.3, -0.25) is 4.79 Å². The van der Waals surface area contributed by atoms with Crippen molar-refractivity contribution in [2.75, 3.05) is 0 Å². The minimum absolute atomic E-state index is 0.0961. The Labute approximate surface area is 97.0 Å². The molecule has 0 atom stereocenters. The molecule has 2 heterocycles. The lowest BCUT2D eigenvalue weighted by Crippen LogP contribution is -2.02. The highest BCUT2D eigenvalue weighted by atomic mass is 16.1. The van der Waals surface area contributed by atoms with Crippen molar-refractivity contribution in [3.63, 3.8) is 0 Å². The van der Waals surface area contributed by atoms with Gasteiger partial charge in [0.05, 0.1) is 0 Å². The van der Waals surface area contributed by atoms with Crippen molar-refractivity contribution in [3.8, 4) is 11.4 Å². The van der Waals surface area contributed by atoms with Crippen LogP contribution in [0.5, 0.6) is 0 Å². The van der Waals surface area contributed by atoms with Gasteiger partial charge in [-0.15, -0.1) is 0 Å². The van der Waals surface area contributed by atoms with Crippen molar-refractivity contribution in [2.45, 2.75) is 0 Å². The second kappa shape index (κ2) is 3.83. The highest BCUT2D eigenvalue weighted by Crippen LogP contribution is 2.19. The van der Waals surface area contributed by atoms with E-state index in [2.05, 4.69) is 15.0 Å². The monoisotopic (exact) mass is 223 g/mol. The predicted molar refractivity (Wildman–Crippen MR) is 65.6 cm³/mol. The lowest BCUT2D eigenvalue weighted by Gasteiger charge is -2.01. The number of fused-ring (bicyclic) bond motifs is 1. The Kier molecular flexibility index (Phi) is 2.19. The van der Waals surface area contributed by atoms with E-state index in [1.54, 1.807) is 24.5 Å². The molecule has 17 heavy (non-hydrogen) atoms. The first kappa shape index (κ1) is 9.72. The fourth-order valence-electron chi connectivity index (χ4n) is 1.74. The summed E-state index contributed by atoms with van der Waals surface area (Å²) in [4.78, 5) is 22.3. The SMILES string of the molecule is O=c1ccc2cc(-c3ncccn3)ccc2[nH]1. The maximum Gasteiger partial charge on any atom is 0.248 e. The number of pyridine rings is 1. The molecule has 1 aromatic carbocycles. The van der Waals surface area contributed by atoms with Crippen LogP contribution < -0.4 is 5.56 Å². The van der Waals surface area contributed by atoms with Crippen molar-refractivity contribution < 1.29 is 0 Å². The molecule has 3 aromatic rings. The molecule has 0 spiro atoms. The number of hydrogen-bond acceptors (Lipinski definition) is 3. The second-order valence-corrected chi connectivity index (χ2v) is 3.70. The van der Waals surface area contributed by atoms with Crippen molar-refractivity contribution >= 4 is 10.9 Å². The number of nitrogens with zero attached hydrogens (tertiary/aromatic N) is 2. The molecule has 0 fully saturated rings. The first-order chi connectivity index (χ1) is 8.33. The Morgan fingerprint density at radius 3 is 2.65 bits per heavy atom. The molecular weight excluding hydrogens is 214 g/mol. The number of nitrogens with one attached hydrogen (secondary N) is 1. The zero-order valence-corrected chi connectivity index (χ0v) is 8.92. The quantitative estimate of drug-likeness (QED) is 0.686. The summed E-state index contributed by atoms with van der Waals surface area (Å²) in [6.45, 7) is 0. The average molecular weight is 223 g/mol. The molecule has 1 N–H and O–H groups in total. The highest BCUT2D eigenvalue weighted by Gasteiger charge is 2.01. The number of aromatic nitrogens is 3. The third kappa shape index (κ3) is 1.80. The van der Waals surface area contributed by atoms with Crippen LogP contribution in [0.4, 0.5) is 0 Å². The second-order valence-electron chi connectivity index (χ2n) is 3.70. The van der Waals surface area contributed by atoms with Gasteiger partial charge >= 0.3 is 0 Å². The van der Waals surface area contributed by atoms with Gasteiger partial charge in [-0.25, -0.2) is 9.97 Å². The zero-order valence-electron chi connectivity index (χ0n) is 8.92. The molecule has 0 bridgehead atoms. The summed E-state index contributed by atoms with van der Waals surface area (Å²) in [5, 5.41) is 0.967. The fraction of sp³-hybridized carbons (Fsp3) is 0. The smallest absolute Gasteiger partial charge is 0.248 e. The highest BCUT2D eigenvalue weighted by molar-refractivity contribution is 5.82. The number of benzene rings is 1. The minimum atomic E-state index is -0.0961. The molecule has 0 radical (unpaired) electrons. The van der Waals surface area contributed by atoms with Crippen molar-refractivity contribution in [1.29, 1.82) is 0 Å². The molecular formula is C13H9N3O. The Hall–Kier alpha value is -2.49. The maximum absolute atomic E-state index is 11.2. The lowest BCUT2D eigenvalue weighted by molar-refractivity contribution is 1.18. The number of rotatable bonds is 1. The van der Waals surface area contributed by atoms with Crippen molar-refractivity contribution in [3.05, 3.63) is 59.1 Å². The molecule has 0 saturated carbocycles. The maximum atomic E-state index is 11.2. The molecule has 0 unspecified atom stereocenters. The van der Waals surface area contributed by atoms with Gasteiger partial charge in [0.1, 0.15) is 0 Å². The lowest BCUT2D eigenvalue weighted by atomic mass is 10.1. The Morgan fingerprint density at radius 1 is 1.00 bits per heavy atom. The number of H-pyrrole nitrogens is 1. The van der Waals surface area contributed by atoms with Crippen LogP contribution in [-0.4, -0.2) is 15.0 Å². The minimum Gasteiger partial charge on any atom is -0.322 e.